The molecule has 6 nitrogen and oxygen atoms in total. The van der Waals surface area contributed by atoms with Gasteiger partial charge < -0.3 is 14.7 Å². The van der Waals surface area contributed by atoms with Crippen molar-refractivity contribution in [2.75, 3.05) is 68.7 Å². The molecule has 208 valence electrons. The quantitative estimate of drug-likeness (QED) is 0.487. The average molecular weight is 540 g/mol. The van der Waals surface area contributed by atoms with E-state index >= 15 is 0 Å². The lowest BCUT2D eigenvalue weighted by molar-refractivity contribution is -0.137. The Bertz CT molecular complexity index is 1150. The summed E-state index contributed by atoms with van der Waals surface area (Å²) in [7, 11) is 0. The molecule has 9 heteroatoms. The Hall–Kier alpha value is -3.25. The SMILES string of the molecule is N#Cc1ccc(N2CCC(c3ccc(N4CCC(CN5CCN(C=O)CC5)CC4)cc3)CC2)cc1C(F)(F)F. The molecule has 0 saturated carbocycles. The zero-order chi connectivity index (χ0) is 27.4. The summed E-state index contributed by atoms with van der Waals surface area (Å²) in [6.07, 6.45) is 0.543. The van der Waals surface area contributed by atoms with Crippen molar-refractivity contribution in [3.05, 3.63) is 59.2 Å². The van der Waals surface area contributed by atoms with E-state index in [4.69, 9.17) is 5.26 Å². The number of nitriles is 1. The highest BCUT2D eigenvalue weighted by molar-refractivity contribution is 5.55. The Morgan fingerprint density at radius 3 is 2.00 bits per heavy atom. The van der Waals surface area contributed by atoms with Gasteiger partial charge in [-0.15, -0.1) is 0 Å². The molecule has 5 rings (SSSR count). The van der Waals surface area contributed by atoms with Crippen LogP contribution in [0.2, 0.25) is 0 Å². The van der Waals surface area contributed by atoms with Crippen LogP contribution in [0.4, 0.5) is 24.5 Å². The van der Waals surface area contributed by atoms with Crippen molar-refractivity contribution in [3.63, 3.8) is 0 Å². The maximum absolute atomic E-state index is 13.4. The first-order valence-corrected chi connectivity index (χ1v) is 14.0. The molecule has 2 aromatic carbocycles. The molecular weight excluding hydrogens is 503 g/mol. The standard InChI is InChI=1S/C30H36F3N5O/c31-30(32,33)29-19-28(6-3-26(29)20-34)38-13-9-25(10-14-38)24-1-4-27(5-2-24)37-11-7-23(8-12-37)21-35-15-17-36(22-39)18-16-35/h1-6,19,22-23,25H,7-18,21H2. The van der Waals surface area contributed by atoms with Crippen molar-refractivity contribution in [1.82, 2.24) is 9.80 Å². The fourth-order valence-corrected chi connectivity index (χ4v) is 6.28. The third-order valence-corrected chi connectivity index (χ3v) is 8.71. The molecule has 3 aliphatic heterocycles. The number of rotatable bonds is 6. The highest BCUT2D eigenvalue weighted by atomic mass is 19.4. The number of hydrogen-bond acceptors (Lipinski definition) is 5. The van der Waals surface area contributed by atoms with Crippen molar-refractivity contribution in [1.29, 1.82) is 5.26 Å². The second-order valence-electron chi connectivity index (χ2n) is 11.1. The molecule has 0 atom stereocenters. The Morgan fingerprint density at radius 1 is 0.821 bits per heavy atom. The van der Waals surface area contributed by atoms with Crippen molar-refractivity contribution < 1.29 is 18.0 Å². The fraction of sp³-hybridized carbons (Fsp3) is 0.533. The maximum Gasteiger partial charge on any atom is 0.417 e. The molecular formula is C30H36F3N5O. The molecule has 0 N–H and O–H groups in total. The van der Waals surface area contributed by atoms with Crippen LogP contribution in [0.3, 0.4) is 0 Å². The highest BCUT2D eigenvalue weighted by Crippen LogP contribution is 2.37. The second-order valence-corrected chi connectivity index (χ2v) is 11.1. The van der Waals surface area contributed by atoms with Gasteiger partial charge in [0.25, 0.3) is 0 Å². The van der Waals surface area contributed by atoms with E-state index in [9.17, 15) is 18.0 Å². The number of anilines is 2. The van der Waals surface area contributed by atoms with Crippen LogP contribution in [-0.4, -0.2) is 75.1 Å². The van der Waals surface area contributed by atoms with Gasteiger partial charge in [0, 0.05) is 70.3 Å². The number of hydrogen-bond donors (Lipinski definition) is 0. The third kappa shape index (κ3) is 6.50. The van der Waals surface area contributed by atoms with E-state index in [0.717, 1.165) is 71.1 Å². The first kappa shape index (κ1) is 27.3. The summed E-state index contributed by atoms with van der Waals surface area (Å²) in [6.45, 7) is 8.23. The topological polar surface area (TPSA) is 53.8 Å². The van der Waals surface area contributed by atoms with Crippen molar-refractivity contribution in [3.8, 4) is 6.07 Å². The van der Waals surface area contributed by atoms with Gasteiger partial charge in [0.15, 0.2) is 0 Å². The van der Waals surface area contributed by atoms with E-state index in [2.05, 4.69) is 34.1 Å². The predicted molar refractivity (Wildman–Crippen MR) is 146 cm³/mol. The van der Waals surface area contributed by atoms with Gasteiger partial charge >= 0.3 is 6.18 Å². The fourth-order valence-electron chi connectivity index (χ4n) is 6.28. The average Bonchev–Trinajstić information content (AvgIpc) is 2.97. The molecule has 0 radical (unpaired) electrons. The van der Waals surface area contributed by atoms with Crippen LogP contribution in [0.15, 0.2) is 42.5 Å². The van der Waals surface area contributed by atoms with Gasteiger partial charge in [0.05, 0.1) is 17.2 Å². The molecule has 3 heterocycles. The molecule has 1 amide bonds. The molecule has 2 aromatic rings. The minimum atomic E-state index is -4.54. The first-order valence-electron chi connectivity index (χ1n) is 14.0. The molecule has 0 aliphatic carbocycles. The van der Waals surface area contributed by atoms with Gasteiger partial charge in [-0.3, -0.25) is 9.69 Å². The van der Waals surface area contributed by atoms with Crippen LogP contribution < -0.4 is 9.80 Å². The van der Waals surface area contributed by atoms with Gasteiger partial charge in [0.1, 0.15) is 0 Å². The minimum Gasteiger partial charge on any atom is -0.372 e. The van der Waals surface area contributed by atoms with Gasteiger partial charge in [-0.2, -0.15) is 18.4 Å². The van der Waals surface area contributed by atoms with Gasteiger partial charge in [-0.1, -0.05) is 12.1 Å². The van der Waals surface area contributed by atoms with Crippen LogP contribution in [0, 0.1) is 17.2 Å². The summed E-state index contributed by atoms with van der Waals surface area (Å²) in [5.41, 5.74) is 1.88. The minimum absolute atomic E-state index is 0.334. The second kappa shape index (κ2) is 11.9. The van der Waals surface area contributed by atoms with E-state index in [0.29, 0.717) is 30.6 Å². The summed E-state index contributed by atoms with van der Waals surface area (Å²) in [6, 6.07) is 14.6. The summed E-state index contributed by atoms with van der Waals surface area (Å²) in [5, 5.41) is 9.05. The first-order chi connectivity index (χ1) is 18.8. The molecule has 39 heavy (non-hydrogen) atoms. The van der Waals surface area contributed by atoms with Crippen LogP contribution in [0.5, 0.6) is 0 Å². The van der Waals surface area contributed by atoms with E-state index in [1.54, 1.807) is 12.1 Å². The van der Waals surface area contributed by atoms with Crippen LogP contribution >= 0.6 is 0 Å². The number of piperazine rings is 1. The number of nitrogens with zero attached hydrogens (tertiary/aromatic N) is 5. The van der Waals surface area contributed by atoms with Gasteiger partial charge in [-0.25, -0.2) is 0 Å². The molecule has 3 aliphatic rings. The lowest BCUT2D eigenvalue weighted by Crippen LogP contribution is -2.48. The largest absolute Gasteiger partial charge is 0.417 e. The van der Waals surface area contributed by atoms with Crippen LogP contribution in [-0.2, 0) is 11.0 Å². The van der Waals surface area contributed by atoms with Crippen LogP contribution in [0.1, 0.15) is 48.3 Å². The van der Waals surface area contributed by atoms with Gasteiger partial charge in [0.2, 0.25) is 6.41 Å². The lowest BCUT2D eigenvalue weighted by Gasteiger charge is -2.38. The van der Waals surface area contributed by atoms with Crippen molar-refractivity contribution >= 4 is 17.8 Å². The van der Waals surface area contributed by atoms with E-state index in [-0.39, 0.29) is 5.56 Å². The monoisotopic (exact) mass is 539 g/mol. The summed E-state index contributed by atoms with van der Waals surface area (Å²) in [4.78, 5) is 19.7. The third-order valence-electron chi connectivity index (χ3n) is 8.71. The van der Waals surface area contributed by atoms with Gasteiger partial charge in [-0.05, 0) is 73.4 Å². The van der Waals surface area contributed by atoms with Crippen molar-refractivity contribution in [2.45, 2.75) is 37.8 Å². The molecule has 0 unspecified atom stereocenters. The summed E-state index contributed by atoms with van der Waals surface area (Å²) >= 11 is 0. The van der Waals surface area contributed by atoms with E-state index in [1.165, 1.54) is 30.2 Å². The molecule has 0 spiro atoms. The Morgan fingerprint density at radius 2 is 1.41 bits per heavy atom. The Balaban J connectivity index is 1.10. The molecule has 0 bridgehead atoms. The number of benzene rings is 2. The molecule has 0 aromatic heterocycles. The number of carbonyl (C=O) groups excluding carboxylic acids is 1. The van der Waals surface area contributed by atoms with Crippen LogP contribution in [0.25, 0.3) is 0 Å². The Labute approximate surface area is 228 Å². The number of alkyl halides is 3. The normalized spacial score (nSPS) is 20.2. The number of amides is 1. The zero-order valence-electron chi connectivity index (χ0n) is 22.2. The van der Waals surface area contributed by atoms with E-state index in [1.807, 2.05) is 9.80 Å². The highest BCUT2D eigenvalue weighted by Gasteiger charge is 2.34. The zero-order valence-corrected chi connectivity index (χ0v) is 22.2. The van der Waals surface area contributed by atoms with Crippen molar-refractivity contribution in [2.24, 2.45) is 5.92 Å². The van der Waals surface area contributed by atoms with E-state index < -0.39 is 11.7 Å². The Kier molecular flexibility index (Phi) is 8.31. The number of carbonyl (C=O) groups is 1. The molecule has 3 saturated heterocycles. The molecule has 3 fully saturated rings. The summed E-state index contributed by atoms with van der Waals surface area (Å²) in [5.74, 6) is 1.10. The predicted octanol–water partition coefficient (Wildman–Crippen LogP) is 4.95. The number of piperidine rings is 2. The smallest absolute Gasteiger partial charge is 0.372 e. The number of halogens is 3. The maximum atomic E-state index is 13.4. The lowest BCUT2D eigenvalue weighted by atomic mass is 9.88. The summed E-state index contributed by atoms with van der Waals surface area (Å²) < 4.78 is 40.2.